The third-order valence-electron chi connectivity index (χ3n) is 7.87. The van der Waals surface area contributed by atoms with Gasteiger partial charge >= 0.3 is 0 Å². The standard InChI is InChI=1S/C35H60N2O2/c1-11-17-22-36(27-33-31(14-4)20-18-21-32(33)15-5)24-28(7)25-37(29(8)19-12-2)26-30(13-3)23-35(39-10)34(16-6)38-9/h16,18,20-21,23,29-30H,7,11-15,17,19,22,24-27H2,1-6,8-10H3/b34-16+,35-23+. The van der Waals surface area contributed by atoms with E-state index in [9.17, 15) is 0 Å². The Morgan fingerprint density at radius 2 is 1.59 bits per heavy atom. The van der Waals surface area contributed by atoms with Crippen molar-refractivity contribution in [3.05, 3.63) is 70.7 Å². The van der Waals surface area contributed by atoms with Gasteiger partial charge in [0.1, 0.15) is 0 Å². The Morgan fingerprint density at radius 3 is 2.08 bits per heavy atom. The molecular weight excluding hydrogens is 480 g/mol. The molecule has 0 saturated heterocycles. The second kappa shape index (κ2) is 19.9. The van der Waals surface area contributed by atoms with E-state index in [0.29, 0.717) is 12.0 Å². The maximum Gasteiger partial charge on any atom is 0.156 e. The van der Waals surface area contributed by atoms with Crippen LogP contribution in [0.3, 0.4) is 0 Å². The van der Waals surface area contributed by atoms with Gasteiger partial charge in [-0.25, -0.2) is 0 Å². The van der Waals surface area contributed by atoms with Crippen LogP contribution in [0.4, 0.5) is 0 Å². The molecule has 1 aromatic rings. The predicted octanol–water partition coefficient (Wildman–Crippen LogP) is 8.57. The van der Waals surface area contributed by atoms with Crippen LogP contribution < -0.4 is 0 Å². The van der Waals surface area contributed by atoms with Crippen molar-refractivity contribution in [1.82, 2.24) is 9.80 Å². The third kappa shape index (κ3) is 11.9. The van der Waals surface area contributed by atoms with Crippen LogP contribution in [-0.4, -0.2) is 56.2 Å². The molecule has 2 unspecified atom stereocenters. The van der Waals surface area contributed by atoms with Crippen molar-refractivity contribution in [2.24, 2.45) is 5.92 Å². The van der Waals surface area contributed by atoms with Crippen LogP contribution in [0.2, 0.25) is 0 Å². The zero-order valence-electron chi connectivity index (χ0n) is 26.9. The zero-order valence-corrected chi connectivity index (χ0v) is 26.9. The predicted molar refractivity (Wildman–Crippen MR) is 170 cm³/mol. The van der Waals surface area contributed by atoms with Gasteiger partial charge in [0.25, 0.3) is 0 Å². The van der Waals surface area contributed by atoms with Gasteiger partial charge in [-0.1, -0.05) is 72.2 Å². The molecule has 2 atom stereocenters. The summed E-state index contributed by atoms with van der Waals surface area (Å²) in [5, 5.41) is 0. The summed E-state index contributed by atoms with van der Waals surface area (Å²) in [6.45, 7) is 25.3. The molecule has 0 saturated carbocycles. The van der Waals surface area contributed by atoms with Crippen LogP contribution in [0, 0.1) is 5.92 Å². The highest BCUT2D eigenvalue weighted by atomic mass is 16.5. The van der Waals surface area contributed by atoms with Gasteiger partial charge in [-0.05, 0) is 92.8 Å². The van der Waals surface area contributed by atoms with Crippen molar-refractivity contribution in [3.63, 3.8) is 0 Å². The van der Waals surface area contributed by atoms with E-state index in [1.807, 2.05) is 13.0 Å². The summed E-state index contributed by atoms with van der Waals surface area (Å²) in [5.74, 6) is 1.98. The summed E-state index contributed by atoms with van der Waals surface area (Å²) in [7, 11) is 3.43. The molecule has 0 aromatic heterocycles. The first kappa shape index (κ1) is 35.0. The third-order valence-corrected chi connectivity index (χ3v) is 7.87. The van der Waals surface area contributed by atoms with Gasteiger partial charge in [-0.15, -0.1) is 0 Å². The Balaban J connectivity index is 3.14. The Hall–Kier alpha value is -2.04. The van der Waals surface area contributed by atoms with Crippen LogP contribution in [0.1, 0.15) is 97.3 Å². The fraction of sp³-hybridized carbons (Fsp3) is 0.657. The first-order valence-electron chi connectivity index (χ1n) is 15.5. The Labute approximate surface area is 242 Å². The Bertz CT molecular complexity index is 866. The van der Waals surface area contributed by atoms with E-state index < -0.39 is 0 Å². The molecule has 222 valence electrons. The van der Waals surface area contributed by atoms with Crippen molar-refractivity contribution in [1.29, 1.82) is 0 Å². The topological polar surface area (TPSA) is 24.9 Å². The number of methoxy groups -OCH3 is 2. The van der Waals surface area contributed by atoms with Crippen LogP contribution in [0.5, 0.6) is 0 Å². The summed E-state index contributed by atoms with van der Waals surface area (Å²) in [6, 6.07) is 7.35. The number of hydrogen-bond donors (Lipinski definition) is 0. The van der Waals surface area contributed by atoms with Crippen molar-refractivity contribution < 1.29 is 9.47 Å². The van der Waals surface area contributed by atoms with Gasteiger partial charge in [0.2, 0.25) is 0 Å². The molecule has 1 aromatic carbocycles. The minimum Gasteiger partial charge on any atom is -0.493 e. The second-order valence-corrected chi connectivity index (χ2v) is 10.9. The largest absolute Gasteiger partial charge is 0.493 e. The number of rotatable bonds is 21. The number of unbranched alkanes of at least 4 members (excludes halogenated alkanes) is 1. The monoisotopic (exact) mass is 540 g/mol. The molecule has 0 aliphatic heterocycles. The molecular formula is C35H60N2O2. The number of benzene rings is 1. The fourth-order valence-corrected chi connectivity index (χ4v) is 5.45. The molecule has 0 fully saturated rings. The normalized spacial score (nSPS) is 14.1. The van der Waals surface area contributed by atoms with Gasteiger partial charge in [0.15, 0.2) is 11.5 Å². The Kier molecular flexibility index (Phi) is 17.9. The molecule has 1 rings (SSSR count). The molecule has 0 aliphatic rings. The summed E-state index contributed by atoms with van der Waals surface area (Å²) >= 11 is 0. The molecule has 0 radical (unpaired) electrons. The van der Waals surface area contributed by atoms with Gasteiger partial charge in [0.05, 0.1) is 14.2 Å². The first-order valence-corrected chi connectivity index (χ1v) is 15.5. The first-order chi connectivity index (χ1) is 18.8. The average Bonchev–Trinajstić information content (AvgIpc) is 2.94. The van der Waals surface area contributed by atoms with Crippen LogP contribution in [0.15, 0.2) is 54.0 Å². The van der Waals surface area contributed by atoms with Crippen LogP contribution in [-0.2, 0) is 28.9 Å². The number of aryl methyl sites for hydroxylation is 2. The van der Waals surface area contributed by atoms with Gasteiger partial charge in [-0.2, -0.15) is 0 Å². The van der Waals surface area contributed by atoms with Gasteiger partial charge in [0, 0.05) is 32.2 Å². The van der Waals surface area contributed by atoms with Crippen LogP contribution >= 0.6 is 0 Å². The zero-order chi connectivity index (χ0) is 29.2. The van der Waals surface area contributed by atoms with E-state index in [0.717, 1.165) is 63.5 Å². The lowest BCUT2D eigenvalue weighted by Gasteiger charge is -2.34. The maximum atomic E-state index is 5.71. The molecule has 0 spiro atoms. The summed E-state index contributed by atoms with van der Waals surface area (Å²) in [5.41, 5.74) is 5.81. The lowest BCUT2D eigenvalue weighted by Crippen LogP contribution is -2.40. The molecule has 39 heavy (non-hydrogen) atoms. The molecule has 0 aliphatic carbocycles. The quantitative estimate of drug-likeness (QED) is 0.0886. The second-order valence-electron chi connectivity index (χ2n) is 10.9. The van der Waals surface area contributed by atoms with Crippen LogP contribution in [0.25, 0.3) is 0 Å². The number of nitrogens with zero attached hydrogens (tertiary/aromatic N) is 2. The molecule has 0 heterocycles. The summed E-state index contributed by atoms with van der Waals surface area (Å²) in [6.07, 6.45) is 12.2. The summed E-state index contributed by atoms with van der Waals surface area (Å²) < 4.78 is 11.3. The molecule has 0 bridgehead atoms. The van der Waals surface area contributed by atoms with Crippen molar-refractivity contribution in [2.75, 3.05) is 40.4 Å². The fourth-order valence-electron chi connectivity index (χ4n) is 5.45. The van der Waals surface area contributed by atoms with Crippen molar-refractivity contribution >= 4 is 0 Å². The SMILES string of the molecule is C=C(CN(CCCC)Cc1c(CC)cccc1CC)CN(CC(/C=C(OC)\C(=C/C)OC)CC)C(C)CCC. The van der Waals surface area contributed by atoms with E-state index in [-0.39, 0.29) is 0 Å². The van der Waals surface area contributed by atoms with E-state index in [4.69, 9.17) is 9.47 Å². The number of hydrogen-bond acceptors (Lipinski definition) is 4. The lowest BCUT2D eigenvalue weighted by molar-refractivity contribution is 0.180. The molecule has 0 amide bonds. The number of ether oxygens (including phenoxy) is 2. The van der Waals surface area contributed by atoms with E-state index >= 15 is 0 Å². The number of allylic oxidation sites excluding steroid dienone is 1. The Morgan fingerprint density at radius 1 is 0.949 bits per heavy atom. The van der Waals surface area contributed by atoms with Gasteiger partial charge in [-0.3, -0.25) is 9.80 Å². The highest BCUT2D eigenvalue weighted by Crippen LogP contribution is 2.22. The minimum atomic E-state index is 0.372. The smallest absolute Gasteiger partial charge is 0.156 e. The van der Waals surface area contributed by atoms with E-state index in [1.165, 1.54) is 47.9 Å². The van der Waals surface area contributed by atoms with E-state index in [1.54, 1.807) is 14.2 Å². The molecule has 0 N–H and O–H groups in total. The maximum absolute atomic E-state index is 5.71. The van der Waals surface area contributed by atoms with Crippen molar-refractivity contribution in [3.8, 4) is 0 Å². The minimum absolute atomic E-state index is 0.372. The van der Waals surface area contributed by atoms with E-state index in [2.05, 4.69) is 82.2 Å². The summed E-state index contributed by atoms with van der Waals surface area (Å²) in [4.78, 5) is 5.28. The highest BCUT2D eigenvalue weighted by Gasteiger charge is 2.21. The molecule has 4 nitrogen and oxygen atoms in total. The van der Waals surface area contributed by atoms with Crippen molar-refractivity contribution in [2.45, 2.75) is 106 Å². The van der Waals surface area contributed by atoms with Gasteiger partial charge < -0.3 is 9.47 Å². The molecule has 4 heteroatoms. The lowest BCUT2D eigenvalue weighted by atomic mass is 9.96. The highest BCUT2D eigenvalue weighted by molar-refractivity contribution is 5.35. The average molecular weight is 541 g/mol.